The van der Waals surface area contributed by atoms with E-state index in [2.05, 4.69) is 0 Å². The van der Waals surface area contributed by atoms with Crippen LogP contribution in [-0.4, -0.2) is 33.7 Å². The Balaban J connectivity index is 1.33. The molecule has 10 nitrogen and oxygen atoms in total. The first kappa shape index (κ1) is 31.6. The maximum absolute atomic E-state index is 15.2. The minimum Gasteiger partial charge on any atom is -0.505 e. The van der Waals surface area contributed by atoms with Crippen LogP contribution in [0.15, 0.2) is 109 Å². The predicted octanol–water partition coefficient (Wildman–Crippen LogP) is 6.46. The fourth-order valence-corrected chi connectivity index (χ4v) is 8.98. The molecule has 4 aromatic rings. The first-order chi connectivity index (χ1) is 24.0. The van der Waals surface area contributed by atoms with Gasteiger partial charge in [-0.1, -0.05) is 65.7 Å². The molecule has 50 heavy (non-hydrogen) atoms. The minimum absolute atomic E-state index is 0.0354. The number of nitro benzene ring substituents is 1. The summed E-state index contributed by atoms with van der Waals surface area (Å²) in [5.41, 5.74) is 0.124. The number of fused-ring (bicyclic) bond motifs is 4. The number of benzene rings is 4. The number of halogens is 2. The first-order valence-corrected chi connectivity index (χ1v) is 16.4. The molecule has 1 N–H and O–H groups in total. The molecule has 2 saturated heterocycles. The quantitative estimate of drug-likeness (QED) is 0.110. The van der Waals surface area contributed by atoms with Crippen molar-refractivity contribution in [3.63, 3.8) is 0 Å². The molecule has 1 saturated carbocycles. The van der Waals surface area contributed by atoms with Gasteiger partial charge >= 0.3 is 0 Å². The number of nitro groups is 1. The van der Waals surface area contributed by atoms with Gasteiger partial charge in [0, 0.05) is 23.1 Å². The van der Waals surface area contributed by atoms with Gasteiger partial charge in [0.2, 0.25) is 23.6 Å². The summed E-state index contributed by atoms with van der Waals surface area (Å²) in [7, 11) is 0. The predicted molar refractivity (Wildman–Crippen MR) is 180 cm³/mol. The topological polar surface area (TPSA) is 138 Å². The average Bonchev–Trinajstić information content (AvgIpc) is 3.50. The fraction of sp³-hybridized carbons (Fsp3) is 0.211. The van der Waals surface area contributed by atoms with Gasteiger partial charge in [0.05, 0.1) is 39.5 Å². The number of carbonyl (C=O) groups excluding carboxylic acids is 4. The average molecular weight is 692 g/mol. The molecule has 8 rings (SSSR count). The van der Waals surface area contributed by atoms with Crippen molar-refractivity contribution in [2.24, 2.45) is 23.7 Å². The molecular formula is C38H27ClFN3O7. The molecule has 0 aromatic heterocycles. The van der Waals surface area contributed by atoms with Crippen molar-refractivity contribution in [1.82, 2.24) is 0 Å². The highest BCUT2D eigenvalue weighted by molar-refractivity contribution is 6.32. The van der Waals surface area contributed by atoms with Crippen LogP contribution in [-0.2, 0) is 24.6 Å². The molecule has 2 heterocycles. The van der Waals surface area contributed by atoms with E-state index in [0.29, 0.717) is 21.7 Å². The van der Waals surface area contributed by atoms with Gasteiger partial charge in [-0.3, -0.25) is 34.2 Å². The van der Waals surface area contributed by atoms with E-state index in [1.165, 1.54) is 42.5 Å². The summed E-state index contributed by atoms with van der Waals surface area (Å²) in [5, 5.41) is 21.7. The lowest BCUT2D eigenvalue weighted by Crippen LogP contribution is -2.53. The highest BCUT2D eigenvalue weighted by Crippen LogP contribution is 2.64. The highest BCUT2D eigenvalue weighted by Gasteiger charge is 2.70. The van der Waals surface area contributed by atoms with E-state index in [-0.39, 0.29) is 29.9 Å². The summed E-state index contributed by atoms with van der Waals surface area (Å²) >= 11 is 6.33. The zero-order chi connectivity index (χ0) is 35.1. The summed E-state index contributed by atoms with van der Waals surface area (Å²) < 4.78 is 15.2. The summed E-state index contributed by atoms with van der Waals surface area (Å²) in [4.78, 5) is 71.0. The maximum Gasteiger partial charge on any atom is 0.269 e. The van der Waals surface area contributed by atoms with Crippen molar-refractivity contribution in [2.75, 3.05) is 9.80 Å². The van der Waals surface area contributed by atoms with Crippen LogP contribution >= 0.6 is 11.6 Å². The number of amides is 4. The Hall–Kier alpha value is -5.68. The van der Waals surface area contributed by atoms with Crippen molar-refractivity contribution < 1.29 is 33.6 Å². The highest BCUT2D eigenvalue weighted by atomic mass is 35.5. The van der Waals surface area contributed by atoms with E-state index in [4.69, 9.17) is 11.6 Å². The van der Waals surface area contributed by atoms with Crippen LogP contribution in [0.3, 0.4) is 0 Å². The number of nitrogens with zero attached hydrogens (tertiary/aromatic N) is 3. The van der Waals surface area contributed by atoms with E-state index in [9.17, 15) is 29.6 Å². The van der Waals surface area contributed by atoms with Gasteiger partial charge in [0.1, 0.15) is 0 Å². The molecule has 2 aliphatic heterocycles. The molecule has 0 unspecified atom stereocenters. The summed E-state index contributed by atoms with van der Waals surface area (Å²) in [6.45, 7) is 0. The second-order valence-electron chi connectivity index (χ2n) is 13.1. The lowest BCUT2D eigenvalue weighted by atomic mass is 9.49. The molecule has 0 radical (unpaired) electrons. The Morgan fingerprint density at radius 3 is 2.24 bits per heavy atom. The van der Waals surface area contributed by atoms with Crippen LogP contribution in [0, 0.1) is 39.6 Å². The number of non-ortho nitro benzene ring substituents is 1. The van der Waals surface area contributed by atoms with Crippen molar-refractivity contribution >= 4 is 52.3 Å². The molecule has 0 bridgehead atoms. The summed E-state index contributed by atoms with van der Waals surface area (Å²) in [6, 6.07) is 24.2. The smallest absolute Gasteiger partial charge is 0.269 e. The fourth-order valence-electron chi connectivity index (χ4n) is 8.80. The van der Waals surface area contributed by atoms with Crippen molar-refractivity contribution in [3.05, 3.63) is 141 Å². The summed E-state index contributed by atoms with van der Waals surface area (Å²) in [5.74, 6) is -7.97. The molecular weight excluding hydrogens is 665 g/mol. The molecule has 6 atom stereocenters. The van der Waals surface area contributed by atoms with Crippen molar-refractivity contribution in [3.8, 4) is 5.75 Å². The number of anilines is 2. The Kier molecular flexibility index (Phi) is 7.23. The lowest BCUT2D eigenvalue weighted by molar-refractivity contribution is -0.384. The molecule has 250 valence electrons. The summed E-state index contributed by atoms with van der Waals surface area (Å²) in [6.07, 6.45) is 2.01. The molecule has 4 amide bonds. The Morgan fingerprint density at radius 1 is 0.820 bits per heavy atom. The van der Waals surface area contributed by atoms with Crippen LogP contribution in [0.25, 0.3) is 0 Å². The van der Waals surface area contributed by atoms with E-state index in [0.717, 1.165) is 15.9 Å². The largest absolute Gasteiger partial charge is 0.505 e. The Bertz CT molecular complexity index is 2170. The van der Waals surface area contributed by atoms with Gasteiger partial charge in [-0.2, -0.15) is 0 Å². The number of aromatic hydroxyl groups is 1. The van der Waals surface area contributed by atoms with Gasteiger partial charge in [-0.05, 0) is 72.4 Å². The number of rotatable bonds is 5. The molecule has 12 heteroatoms. The number of hydrogen-bond donors (Lipinski definition) is 1. The minimum atomic E-state index is -1.59. The van der Waals surface area contributed by atoms with Crippen molar-refractivity contribution in [2.45, 2.75) is 24.2 Å². The van der Waals surface area contributed by atoms with E-state index < -0.39 is 75.1 Å². The van der Waals surface area contributed by atoms with Gasteiger partial charge in [0.25, 0.3) is 5.69 Å². The molecule has 2 aliphatic carbocycles. The van der Waals surface area contributed by atoms with Crippen LogP contribution in [0.2, 0.25) is 5.02 Å². The maximum atomic E-state index is 15.2. The standard InChI is InChI=1S/C38H27ClFN3O7/c39-22-7-4-8-25(18-22)42-35(46)29-19-28-26(14-15-27-32(28)36(47)41(34(27)45)23-10-12-24(13-11-23)43(49)50)33(20-9-16-31(44)30(40)17-20)38(29,37(42)48)21-5-2-1-3-6-21/h1-14,16-18,27-29,32-33,44H,15,19H2/t27-,28+,29-,32-,33-,38+/m0/s1. The van der Waals surface area contributed by atoms with Crippen LogP contribution in [0.5, 0.6) is 5.75 Å². The zero-order valence-corrected chi connectivity index (χ0v) is 26.9. The number of allylic oxidation sites excluding steroid dienone is 2. The van der Waals surface area contributed by atoms with Crippen LogP contribution < -0.4 is 9.80 Å². The van der Waals surface area contributed by atoms with Gasteiger partial charge in [0.15, 0.2) is 11.6 Å². The van der Waals surface area contributed by atoms with Crippen molar-refractivity contribution in [1.29, 1.82) is 0 Å². The van der Waals surface area contributed by atoms with Crippen LogP contribution in [0.4, 0.5) is 21.5 Å². The lowest BCUT2D eigenvalue weighted by Gasteiger charge is -2.50. The van der Waals surface area contributed by atoms with E-state index >= 15 is 9.18 Å². The third-order valence-electron chi connectivity index (χ3n) is 10.8. The van der Waals surface area contributed by atoms with Gasteiger partial charge in [-0.15, -0.1) is 0 Å². The Morgan fingerprint density at radius 2 is 1.56 bits per heavy atom. The molecule has 4 aliphatic rings. The molecule has 0 spiro atoms. The zero-order valence-electron chi connectivity index (χ0n) is 26.1. The monoisotopic (exact) mass is 691 g/mol. The second-order valence-corrected chi connectivity index (χ2v) is 13.5. The Labute approximate surface area is 289 Å². The third kappa shape index (κ3) is 4.39. The first-order valence-electron chi connectivity index (χ1n) is 16.0. The normalized spacial score (nSPS) is 27.2. The number of phenolic OH excluding ortho intramolecular Hbond substituents is 1. The number of hydrogen-bond acceptors (Lipinski definition) is 7. The van der Waals surface area contributed by atoms with Crippen LogP contribution in [0.1, 0.15) is 29.9 Å². The number of carbonyl (C=O) groups is 4. The molecule has 4 aromatic carbocycles. The number of imide groups is 2. The molecule has 3 fully saturated rings. The van der Waals surface area contributed by atoms with E-state index in [1.54, 1.807) is 48.5 Å². The third-order valence-corrected chi connectivity index (χ3v) is 11.0. The number of phenols is 1. The second kappa shape index (κ2) is 11.4. The van der Waals surface area contributed by atoms with Gasteiger partial charge in [-0.25, -0.2) is 9.29 Å². The SMILES string of the molecule is O=C1[C@H]2[C@H](CC=C3[C@H]2C[C@H]2C(=O)N(c4cccc(Cl)c4)C(=O)[C@@]2(c2ccccc2)[C@H]3c2ccc(O)c(F)c2)C(=O)N1c1ccc([N+](=O)[O-])cc1. The van der Waals surface area contributed by atoms with Gasteiger partial charge < -0.3 is 5.11 Å². The van der Waals surface area contributed by atoms with E-state index in [1.807, 2.05) is 6.08 Å².